The minimum Gasteiger partial charge on any atom is -0.497 e. The fraction of sp³-hybridized carbons (Fsp3) is 0.238. The van der Waals surface area contributed by atoms with E-state index >= 15 is 0 Å². The van der Waals surface area contributed by atoms with Crippen LogP contribution in [0, 0.1) is 0 Å². The Balaban J connectivity index is 1.73. The minimum atomic E-state index is -4.43. The van der Waals surface area contributed by atoms with E-state index in [-0.39, 0.29) is 11.4 Å². The molecule has 0 bridgehead atoms. The minimum absolute atomic E-state index is 0.120. The number of halogens is 3. The first-order valence-electron chi connectivity index (χ1n) is 8.85. The summed E-state index contributed by atoms with van der Waals surface area (Å²) in [6.07, 6.45) is -2.67. The Hall–Kier alpha value is -3.13. The highest BCUT2D eigenvalue weighted by Gasteiger charge is 2.30. The molecule has 0 aliphatic rings. The molecule has 0 saturated carbocycles. The van der Waals surface area contributed by atoms with Gasteiger partial charge in [-0.25, -0.2) is 0 Å². The molecule has 0 atom stereocenters. The van der Waals surface area contributed by atoms with Gasteiger partial charge in [0.05, 0.1) is 19.2 Å². The zero-order chi connectivity index (χ0) is 20.9. The summed E-state index contributed by atoms with van der Waals surface area (Å²) in [5, 5.41) is 3.83. The average Bonchev–Trinajstić information content (AvgIpc) is 3.17. The Morgan fingerprint density at radius 1 is 1.14 bits per heavy atom. The van der Waals surface area contributed by atoms with E-state index in [1.165, 1.54) is 12.1 Å². The smallest absolute Gasteiger partial charge is 0.416 e. The highest BCUT2D eigenvalue weighted by molar-refractivity contribution is 5.55. The van der Waals surface area contributed by atoms with Gasteiger partial charge in [-0.2, -0.15) is 18.2 Å². The molecule has 0 radical (unpaired) electrons. The van der Waals surface area contributed by atoms with Crippen LogP contribution >= 0.6 is 0 Å². The number of benzene rings is 2. The first kappa shape index (κ1) is 20.6. The molecule has 0 spiro atoms. The molecule has 0 saturated heterocycles. The van der Waals surface area contributed by atoms with Gasteiger partial charge in [-0.15, -0.1) is 6.58 Å². The maximum Gasteiger partial charge on any atom is 0.416 e. The molecule has 5 nitrogen and oxygen atoms in total. The van der Waals surface area contributed by atoms with Gasteiger partial charge in [0.25, 0.3) is 0 Å². The molecular weight excluding hydrogens is 383 g/mol. The SMILES string of the molecule is C=CCN(Cc1ccc(OC)cc1)Cc1nc(-c2cccc(C(F)(F)F)c2)no1. The molecule has 0 amide bonds. The summed E-state index contributed by atoms with van der Waals surface area (Å²) < 4.78 is 49.2. The fourth-order valence-electron chi connectivity index (χ4n) is 2.82. The van der Waals surface area contributed by atoms with Gasteiger partial charge in [-0.1, -0.05) is 35.5 Å². The molecule has 3 rings (SSSR count). The molecule has 29 heavy (non-hydrogen) atoms. The number of rotatable bonds is 8. The van der Waals surface area contributed by atoms with Crippen LogP contribution in [0.1, 0.15) is 17.0 Å². The van der Waals surface area contributed by atoms with Crippen LogP contribution in [0.2, 0.25) is 0 Å². The van der Waals surface area contributed by atoms with Crippen LogP contribution < -0.4 is 4.74 Å². The van der Waals surface area contributed by atoms with Crippen LogP contribution in [0.4, 0.5) is 13.2 Å². The predicted molar refractivity (Wildman–Crippen MR) is 102 cm³/mol. The Labute approximate surface area is 166 Å². The summed E-state index contributed by atoms with van der Waals surface area (Å²) in [7, 11) is 1.61. The Morgan fingerprint density at radius 3 is 2.55 bits per heavy atom. The summed E-state index contributed by atoms with van der Waals surface area (Å²) in [5.41, 5.74) is 0.555. The number of hydrogen-bond acceptors (Lipinski definition) is 5. The van der Waals surface area contributed by atoms with Crippen molar-refractivity contribution >= 4 is 0 Å². The van der Waals surface area contributed by atoms with Crippen molar-refractivity contribution in [3.05, 3.63) is 78.2 Å². The normalized spacial score (nSPS) is 11.6. The Morgan fingerprint density at radius 2 is 1.90 bits per heavy atom. The fourth-order valence-corrected chi connectivity index (χ4v) is 2.82. The average molecular weight is 403 g/mol. The third-order valence-corrected chi connectivity index (χ3v) is 4.23. The second kappa shape index (κ2) is 8.91. The molecule has 0 aliphatic heterocycles. The predicted octanol–water partition coefficient (Wildman–Crippen LogP) is 4.95. The standard InChI is InChI=1S/C21H20F3N3O2/c1-3-11-27(13-15-7-9-18(28-2)10-8-15)14-19-25-20(26-29-19)16-5-4-6-17(12-16)21(22,23)24/h3-10,12H,1,11,13-14H2,2H3. The first-order valence-corrected chi connectivity index (χ1v) is 8.85. The second-order valence-corrected chi connectivity index (χ2v) is 6.40. The number of methoxy groups -OCH3 is 1. The van der Waals surface area contributed by atoms with Crippen molar-refractivity contribution in [3.8, 4) is 17.1 Å². The van der Waals surface area contributed by atoms with E-state index < -0.39 is 11.7 Å². The van der Waals surface area contributed by atoms with Gasteiger partial charge in [0.1, 0.15) is 5.75 Å². The van der Waals surface area contributed by atoms with Crippen molar-refractivity contribution < 1.29 is 22.4 Å². The Bertz CT molecular complexity index is 952. The van der Waals surface area contributed by atoms with Gasteiger partial charge >= 0.3 is 6.18 Å². The van der Waals surface area contributed by atoms with E-state index in [2.05, 4.69) is 16.7 Å². The van der Waals surface area contributed by atoms with Crippen molar-refractivity contribution in [2.24, 2.45) is 0 Å². The lowest BCUT2D eigenvalue weighted by Gasteiger charge is -2.18. The van der Waals surface area contributed by atoms with Crippen molar-refractivity contribution in [1.29, 1.82) is 0 Å². The van der Waals surface area contributed by atoms with Crippen LogP contribution in [0.15, 0.2) is 65.7 Å². The van der Waals surface area contributed by atoms with Gasteiger partial charge < -0.3 is 9.26 Å². The summed E-state index contributed by atoms with van der Waals surface area (Å²) in [5.74, 6) is 1.20. The van der Waals surface area contributed by atoms with Gasteiger partial charge in [-0.05, 0) is 29.8 Å². The first-order chi connectivity index (χ1) is 13.9. The lowest BCUT2D eigenvalue weighted by Crippen LogP contribution is -2.23. The zero-order valence-electron chi connectivity index (χ0n) is 15.8. The highest BCUT2D eigenvalue weighted by Crippen LogP contribution is 2.31. The molecule has 1 heterocycles. The maximum absolute atomic E-state index is 12.9. The second-order valence-electron chi connectivity index (χ2n) is 6.40. The van der Waals surface area contributed by atoms with Gasteiger partial charge in [0.15, 0.2) is 0 Å². The van der Waals surface area contributed by atoms with Crippen molar-refractivity contribution in [2.45, 2.75) is 19.3 Å². The zero-order valence-corrected chi connectivity index (χ0v) is 15.8. The molecule has 1 aromatic heterocycles. The monoisotopic (exact) mass is 403 g/mol. The molecule has 152 valence electrons. The van der Waals surface area contributed by atoms with Crippen molar-refractivity contribution in [1.82, 2.24) is 15.0 Å². The van der Waals surface area contributed by atoms with Crippen LogP contribution in [-0.2, 0) is 19.3 Å². The molecule has 3 aromatic rings. The molecule has 0 fully saturated rings. The summed E-state index contributed by atoms with van der Waals surface area (Å²) in [4.78, 5) is 6.28. The number of ether oxygens (including phenoxy) is 1. The third kappa shape index (κ3) is 5.45. The molecule has 0 unspecified atom stereocenters. The largest absolute Gasteiger partial charge is 0.497 e. The third-order valence-electron chi connectivity index (χ3n) is 4.23. The van der Waals surface area contributed by atoms with Crippen LogP contribution in [0.5, 0.6) is 5.75 Å². The van der Waals surface area contributed by atoms with Gasteiger partial charge in [0.2, 0.25) is 11.7 Å². The lowest BCUT2D eigenvalue weighted by molar-refractivity contribution is -0.137. The number of alkyl halides is 3. The van der Waals surface area contributed by atoms with Gasteiger partial charge in [-0.3, -0.25) is 4.90 Å². The summed E-state index contributed by atoms with van der Waals surface area (Å²) in [6, 6.07) is 12.5. The van der Waals surface area contributed by atoms with E-state index in [1.54, 1.807) is 13.2 Å². The van der Waals surface area contributed by atoms with E-state index in [0.29, 0.717) is 25.5 Å². The highest BCUT2D eigenvalue weighted by atomic mass is 19.4. The number of hydrogen-bond donors (Lipinski definition) is 0. The molecule has 0 N–H and O–H groups in total. The lowest BCUT2D eigenvalue weighted by atomic mass is 10.1. The Kier molecular flexibility index (Phi) is 6.33. The van der Waals surface area contributed by atoms with E-state index in [9.17, 15) is 13.2 Å². The van der Waals surface area contributed by atoms with Gasteiger partial charge in [0, 0.05) is 18.7 Å². The number of nitrogens with zero attached hydrogens (tertiary/aromatic N) is 3. The quantitative estimate of drug-likeness (QED) is 0.498. The van der Waals surface area contributed by atoms with Crippen LogP contribution in [0.3, 0.4) is 0 Å². The van der Waals surface area contributed by atoms with E-state index in [0.717, 1.165) is 23.4 Å². The van der Waals surface area contributed by atoms with E-state index in [4.69, 9.17) is 9.26 Å². The summed E-state index contributed by atoms with van der Waals surface area (Å²) in [6.45, 7) is 5.28. The van der Waals surface area contributed by atoms with Crippen molar-refractivity contribution in [3.63, 3.8) is 0 Å². The molecular formula is C21H20F3N3O2. The van der Waals surface area contributed by atoms with Crippen LogP contribution in [-0.4, -0.2) is 28.7 Å². The molecule has 2 aromatic carbocycles. The molecule has 0 aliphatic carbocycles. The topological polar surface area (TPSA) is 51.4 Å². The van der Waals surface area contributed by atoms with E-state index in [1.807, 2.05) is 29.2 Å². The summed E-state index contributed by atoms with van der Waals surface area (Å²) >= 11 is 0. The maximum atomic E-state index is 12.9. The number of aromatic nitrogens is 2. The molecule has 8 heteroatoms. The van der Waals surface area contributed by atoms with Crippen molar-refractivity contribution in [2.75, 3.05) is 13.7 Å². The van der Waals surface area contributed by atoms with Crippen LogP contribution in [0.25, 0.3) is 11.4 Å².